The molecular formula is C13H9BF2N2. The molecule has 0 aliphatic carbocycles. The summed E-state index contributed by atoms with van der Waals surface area (Å²) in [7, 11) is -2.55. The van der Waals surface area contributed by atoms with Crippen LogP contribution in [0.25, 0.3) is 22.2 Å². The molecule has 2 nitrogen and oxygen atoms in total. The van der Waals surface area contributed by atoms with Crippen LogP contribution < -0.4 is 0 Å². The molecule has 5 heteroatoms. The predicted octanol–water partition coefficient (Wildman–Crippen LogP) is 3.48. The normalized spacial score (nSPS) is 10.8. The maximum absolute atomic E-state index is 12.8. The molecule has 3 aromatic rings. The van der Waals surface area contributed by atoms with Gasteiger partial charge in [0.15, 0.2) is 0 Å². The van der Waals surface area contributed by atoms with Gasteiger partial charge < -0.3 is 4.48 Å². The van der Waals surface area contributed by atoms with Crippen LogP contribution >= 0.6 is 0 Å². The van der Waals surface area contributed by atoms with Crippen molar-refractivity contribution in [2.75, 3.05) is 0 Å². The number of halogens is 2. The van der Waals surface area contributed by atoms with Gasteiger partial charge >= 0.3 is 7.40 Å². The summed E-state index contributed by atoms with van der Waals surface area (Å²) in [5, 5.41) is 1.99. The third-order valence-corrected chi connectivity index (χ3v) is 2.88. The van der Waals surface area contributed by atoms with E-state index in [4.69, 9.17) is 0 Å². The molecule has 0 saturated carbocycles. The highest BCUT2D eigenvalue weighted by Crippen LogP contribution is 2.23. The molecule has 88 valence electrons. The smallest absolute Gasteiger partial charge is 0.330 e. The lowest BCUT2D eigenvalue weighted by atomic mass is 10.1. The van der Waals surface area contributed by atoms with Crippen molar-refractivity contribution < 1.29 is 8.63 Å². The number of pyridine rings is 1. The van der Waals surface area contributed by atoms with E-state index in [0.717, 1.165) is 15.3 Å². The molecule has 0 spiro atoms. The van der Waals surface area contributed by atoms with E-state index < -0.39 is 7.40 Å². The van der Waals surface area contributed by atoms with E-state index >= 15 is 0 Å². The second-order valence-electron chi connectivity index (χ2n) is 4.00. The highest BCUT2D eigenvalue weighted by molar-refractivity contribution is 6.41. The van der Waals surface area contributed by atoms with Crippen molar-refractivity contribution in [1.29, 1.82) is 0 Å². The van der Waals surface area contributed by atoms with Crippen LogP contribution in [0, 0.1) is 0 Å². The molecular weight excluding hydrogens is 233 g/mol. The van der Waals surface area contributed by atoms with Crippen molar-refractivity contribution in [2.24, 2.45) is 0 Å². The Morgan fingerprint density at radius 1 is 1.00 bits per heavy atom. The first-order valence-corrected chi connectivity index (χ1v) is 5.56. The molecule has 0 unspecified atom stereocenters. The van der Waals surface area contributed by atoms with Crippen molar-refractivity contribution in [3.8, 4) is 11.4 Å². The first-order valence-electron chi connectivity index (χ1n) is 5.56. The zero-order valence-electron chi connectivity index (χ0n) is 9.42. The minimum absolute atomic E-state index is 0.427. The predicted molar refractivity (Wildman–Crippen MR) is 68.5 cm³/mol. The first-order chi connectivity index (χ1) is 8.75. The van der Waals surface area contributed by atoms with Crippen LogP contribution in [0.2, 0.25) is 0 Å². The summed E-state index contributed by atoms with van der Waals surface area (Å²) in [6.45, 7) is 0. The van der Waals surface area contributed by atoms with Crippen LogP contribution in [-0.2, 0) is 0 Å². The largest absolute Gasteiger partial charge is 0.677 e. The van der Waals surface area contributed by atoms with Crippen LogP contribution in [-0.4, -0.2) is 16.9 Å². The SMILES string of the molecule is FB(F)n1cccc1-c1cc2ccccc2cn1. The second-order valence-corrected chi connectivity index (χ2v) is 4.00. The van der Waals surface area contributed by atoms with Crippen molar-refractivity contribution in [1.82, 2.24) is 9.46 Å². The Bertz CT molecular complexity index is 694. The molecule has 0 saturated heterocycles. The number of nitrogens with zero attached hydrogens (tertiary/aromatic N) is 2. The van der Waals surface area contributed by atoms with Gasteiger partial charge in [-0.1, -0.05) is 24.3 Å². The molecule has 0 aliphatic heterocycles. The third kappa shape index (κ3) is 1.77. The van der Waals surface area contributed by atoms with E-state index in [1.54, 1.807) is 18.3 Å². The van der Waals surface area contributed by atoms with Crippen molar-refractivity contribution in [3.05, 3.63) is 54.9 Å². The lowest BCUT2D eigenvalue weighted by molar-refractivity contribution is 0.631. The quantitative estimate of drug-likeness (QED) is 0.629. The molecule has 2 aromatic heterocycles. The fraction of sp³-hybridized carbons (Fsp3) is 0. The fourth-order valence-electron chi connectivity index (χ4n) is 2.00. The lowest BCUT2D eigenvalue weighted by Crippen LogP contribution is -2.12. The molecule has 0 bridgehead atoms. The number of hydrogen-bond donors (Lipinski definition) is 0. The number of benzene rings is 1. The molecule has 0 atom stereocenters. The average molecular weight is 242 g/mol. The Kier molecular flexibility index (Phi) is 2.59. The summed E-state index contributed by atoms with van der Waals surface area (Å²) < 4.78 is 26.5. The molecule has 2 heterocycles. The number of rotatable bonds is 2. The van der Waals surface area contributed by atoms with Crippen LogP contribution in [0.15, 0.2) is 54.9 Å². The van der Waals surface area contributed by atoms with Gasteiger partial charge in [0.05, 0.1) is 11.4 Å². The van der Waals surface area contributed by atoms with E-state index in [-0.39, 0.29) is 0 Å². The Hall–Kier alpha value is -2.17. The van der Waals surface area contributed by atoms with Crippen LogP contribution in [0.4, 0.5) is 8.63 Å². The van der Waals surface area contributed by atoms with Gasteiger partial charge in [0.1, 0.15) is 0 Å². The van der Waals surface area contributed by atoms with Gasteiger partial charge in [0.25, 0.3) is 0 Å². The van der Waals surface area contributed by atoms with Crippen molar-refractivity contribution >= 4 is 18.2 Å². The van der Waals surface area contributed by atoms with E-state index in [2.05, 4.69) is 4.98 Å². The summed E-state index contributed by atoms with van der Waals surface area (Å²) in [5.41, 5.74) is 0.981. The van der Waals surface area contributed by atoms with Gasteiger partial charge in [-0.25, -0.2) is 0 Å². The van der Waals surface area contributed by atoms with E-state index in [9.17, 15) is 8.63 Å². The molecule has 0 amide bonds. The van der Waals surface area contributed by atoms with Crippen LogP contribution in [0.1, 0.15) is 0 Å². The van der Waals surface area contributed by atoms with Gasteiger partial charge in [-0.3, -0.25) is 13.6 Å². The number of hydrogen-bond acceptors (Lipinski definition) is 1. The summed E-state index contributed by atoms with van der Waals surface area (Å²) in [6.07, 6.45) is 3.06. The highest BCUT2D eigenvalue weighted by atomic mass is 19.2. The summed E-state index contributed by atoms with van der Waals surface area (Å²) in [5.74, 6) is 0. The Morgan fingerprint density at radius 3 is 2.56 bits per heavy atom. The topological polar surface area (TPSA) is 17.8 Å². The summed E-state index contributed by atoms with van der Waals surface area (Å²) >= 11 is 0. The standard InChI is InChI=1S/C13H9BF2N2/c15-14(16)18-7-3-6-13(18)12-8-10-4-1-2-5-11(10)9-17-12/h1-9H. The number of fused-ring (bicyclic) bond motifs is 1. The molecule has 0 fully saturated rings. The highest BCUT2D eigenvalue weighted by Gasteiger charge is 2.20. The maximum atomic E-state index is 12.8. The van der Waals surface area contributed by atoms with Crippen molar-refractivity contribution in [2.45, 2.75) is 0 Å². The van der Waals surface area contributed by atoms with Gasteiger partial charge in [-0.15, -0.1) is 0 Å². The number of aromatic nitrogens is 2. The molecule has 18 heavy (non-hydrogen) atoms. The minimum atomic E-state index is -2.55. The molecule has 3 rings (SSSR count). The Balaban J connectivity index is 2.16. The van der Waals surface area contributed by atoms with Gasteiger partial charge in [0.2, 0.25) is 0 Å². The van der Waals surface area contributed by atoms with Crippen LogP contribution in [0.5, 0.6) is 0 Å². The van der Waals surface area contributed by atoms with Gasteiger partial charge in [-0.2, -0.15) is 0 Å². The third-order valence-electron chi connectivity index (χ3n) is 2.88. The monoisotopic (exact) mass is 242 g/mol. The zero-order valence-corrected chi connectivity index (χ0v) is 9.42. The molecule has 0 aliphatic rings. The average Bonchev–Trinajstić information content (AvgIpc) is 2.87. The lowest BCUT2D eigenvalue weighted by Gasteiger charge is -2.06. The fourth-order valence-corrected chi connectivity index (χ4v) is 2.00. The summed E-state index contributed by atoms with van der Waals surface area (Å²) in [6, 6.07) is 12.8. The zero-order chi connectivity index (χ0) is 12.5. The van der Waals surface area contributed by atoms with E-state index in [1.165, 1.54) is 6.20 Å². The molecule has 0 radical (unpaired) electrons. The van der Waals surface area contributed by atoms with Crippen LogP contribution in [0.3, 0.4) is 0 Å². The molecule has 1 aromatic carbocycles. The van der Waals surface area contributed by atoms with E-state index in [0.29, 0.717) is 11.4 Å². The maximum Gasteiger partial charge on any atom is 0.677 e. The molecule has 0 N–H and O–H groups in total. The Labute approximate surface area is 103 Å². The van der Waals surface area contributed by atoms with Gasteiger partial charge in [0, 0.05) is 11.6 Å². The van der Waals surface area contributed by atoms with Crippen molar-refractivity contribution in [3.63, 3.8) is 0 Å². The summed E-state index contributed by atoms with van der Waals surface area (Å²) in [4.78, 5) is 4.24. The first kappa shape index (κ1) is 11.0. The van der Waals surface area contributed by atoms with E-state index in [1.807, 2.05) is 30.3 Å². The second kappa shape index (κ2) is 4.25. The Morgan fingerprint density at radius 2 is 1.78 bits per heavy atom. The van der Waals surface area contributed by atoms with Gasteiger partial charge in [-0.05, 0) is 29.8 Å². The minimum Gasteiger partial charge on any atom is -0.330 e.